The van der Waals surface area contributed by atoms with Gasteiger partial charge in [0.15, 0.2) is 5.78 Å². The Balaban J connectivity index is 1.51. The molecule has 0 fully saturated rings. The van der Waals surface area contributed by atoms with Gasteiger partial charge in [-0.2, -0.15) is 0 Å². The molecule has 3 aromatic rings. The van der Waals surface area contributed by atoms with Crippen molar-refractivity contribution >= 4 is 28.8 Å². The highest BCUT2D eigenvalue weighted by atomic mass is 32.1. The molecule has 2 aromatic heterocycles. The van der Waals surface area contributed by atoms with E-state index in [1.807, 2.05) is 11.4 Å². The van der Waals surface area contributed by atoms with Crippen LogP contribution in [0.2, 0.25) is 0 Å². The van der Waals surface area contributed by atoms with Gasteiger partial charge >= 0.3 is 5.97 Å². The molecule has 0 aliphatic heterocycles. The van der Waals surface area contributed by atoms with Gasteiger partial charge in [0, 0.05) is 24.1 Å². The first-order valence-corrected chi connectivity index (χ1v) is 9.01. The predicted molar refractivity (Wildman–Crippen MR) is 99.0 cm³/mol. The van der Waals surface area contributed by atoms with Crippen molar-refractivity contribution in [1.29, 1.82) is 0 Å². The first-order valence-electron chi connectivity index (χ1n) is 8.13. The minimum atomic E-state index is -0.619. The lowest BCUT2D eigenvalue weighted by Crippen LogP contribution is -2.07. The number of rotatable bonds is 8. The van der Waals surface area contributed by atoms with Gasteiger partial charge in [0.1, 0.15) is 5.76 Å². The molecule has 0 bridgehead atoms. The molecule has 8 heteroatoms. The summed E-state index contributed by atoms with van der Waals surface area (Å²) < 4.78 is 10.6. The lowest BCUT2D eigenvalue weighted by atomic mass is 10.1. The van der Waals surface area contributed by atoms with Gasteiger partial charge in [0.25, 0.3) is 5.69 Å². The number of nitro groups is 1. The van der Waals surface area contributed by atoms with Gasteiger partial charge < -0.3 is 9.15 Å². The van der Waals surface area contributed by atoms with Crippen LogP contribution in [-0.2, 0) is 4.74 Å². The summed E-state index contributed by atoms with van der Waals surface area (Å²) in [4.78, 5) is 34.8. The lowest BCUT2D eigenvalue weighted by Gasteiger charge is -2.02. The van der Waals surface area contributed by atoms with Gasteiger partial charge in [-0.3, -0.25) is 14.9 Å². The fourth-order valence-electron chi connectivity index (χ4n) is 2.38. The van der Waals surface area contributed by atoms with Crippen LogP contribution >= 0.6 is 11.3 Å². The molecule has 7 nitrogen and oxygen atoms in total. The van der Waals surface area contributed by atoms with E-state index < -0.39 is 10.9 Å². The van der Waals surface area contributed by atoms with E-state index in [2.05, 4.69) is 0 Å². The second-order valence-corrected chi connectivity index (χ2v) is 6.56. The number of ketones is 1. The summed E-state index contributed by atoms with van der Waals surface area (Å²) in [6.07, 6.45) is 0.735. The summed E-state index contributed by atoms with van der Waals surface area (Å²) in [5, 5.41) is 12.5. The average Bonchev–Trinajstić information content (AvgIpc) is 3.37. The first kappa shape index (κ1) is 18.5. The Labute approximate surface area is 158 Å². The van der Waals surface area contributed by atoms with Crippen molar-refractivity contribution in [2.24, 2.45) is 0 Å². The molecular weight excluding hydrogens is 370 g/mol. The zero-order valence-corrected chi connectivity index (χ0v) is 14.9. The van der Waals surface area contributed by atoms with Crippen LogP contribution in [0, 0.1) is 10.1 Å². The van der Waals surface area contributed by atoms with Crippen LogP contribution < -0.4 is 0 Å². The summed E-state index contributed by atoms with van der Waals surface area (Å²) >= 11 is 1.39. The van der Waals surface area contributed by atoms with E-state index >= 15 is 0 Å². The van der Waals surface area contributed by atoms with Gasteiger partial charge in [-0.05, 0) is 42.1 Å². The minimum absolute atomic E-state index is 0.0259. The standard InChI is InChI=1S/C19H15NO6S/c21-15(18-4-2-12-27-18)3-1-11-25-19(22)17-10-9-16(26-17)13-5-7-14(8-6-13)20(23)24/h2,4-10,12H,1,3,11H2. The maximum Gasteiger partial charge on any atom is 0.374 e. The molecule has 0 N–H and O–H groups in total. The third-order valence-electron chi connectivity index (χ3n) is 3.75. The summed E-state index contributed by atoms with van der Waals surface area (Å²) in [7, 11) is 0. The molecule has 138 valence electrons. The smallest absolute Gasteiger partial charge is 0.374 e. The van der Waals surface area contributed by atoms with Crippen molar-refractivity contribution in [2.75, 3.05) is 6.61 Å². The molecule has 2 heterocycles. The Kier molecular flexibility index (Phi) is 5.77. The number of nitrogens with zero attached hydrogens (tertiary/aromatic N) is 1. The molecule has 0 aliphatic carbocycles. The first-order chi connectivity index (χ1) is 13.0. The molecule has 0 unspecified atom stereocenters. The van der Waals surface area contributed by atoms with Crippen LogP contribution in [0.3, 0.4) is 0 Å². The van der Waals surface area contributed by atoms with E-state index in [-0.39, 0.29) is 23.8 Å². The monoisotopic (exact) mass is 385 g/mol. The molecule has 0 amide bonds. The summed E-state index contributed by atoms with van der Waals surface area (Å²) in [5.74, 6) is -0.149. The van der Waals surface area contributed by atoms with Gasteiger partial charge in [-0.15, -0.1) is 11.3 Å². The second kappa shape index (κ2) is 8.41. The van der Waals surface area contributed by atoms with Crippen LogP contribution in [0.4, 0.5) is 5.69 Å². The predicted octanol–water partition coefficient (Wildman–Crippen LogP) is 4.74. The number of benzene rings is 1. The van der Waals surface area contributed by atoms with Crippen LogP contribution in [0.25, 0.3) is 11.3 Å². The molecule has 0 spiro atoms. The highest BCUT2D eigenvalue weighted by Gasteiger charge is 2.15. The fraction of sp³-hybridized carbons (Fsp3) is 0.158. The molecular formula is C19H15NO6S. The van der Waals surface area contributed by atoms with Crippen molar-refractivity contribution in [1.82, 2.24) is 0 Å². The molecule has 27 heavy (non-hydrogen) atoms. The van der Waals surface area contributed by atoms with E-state index in [9.17, 15) is 19.7 Å². The fourth-order valence-corrected chi connectivity index (χ4v) is 3.07. The Morgan fingerprint density at radius 1 is 1.11 bits per heavy atom. The number of furan rings is 1. The van der Waals surface area contributed by atoms with E-state index in [0.717, 1.165) is 0 Å². The molecule has 0 atom stereocenters. The zero-order valence-electron chi connectivity index (χ0n) is 14.1. The number of thiophene rings is 1. The van der Waals surface area contributed by atoms with Gasteiger partial charge in [0.2, 0.25) is 5.76 Å². The van der Waals surface area contributed by atoms with E-state index in [4.69, 9.17) is 9.15 Å². The number of Topliss-reactive ketones (excluding diaryl/α,β-unsaturated/α-hetero) is 1. The van der Waals surface area contributed by atoms with Crippen molar-refractivity contribution in [3.8, 4) is 11.3 Å². The number of hydrogen-bond acceptors (Lipinski definition) is 7. The van der Waals surface area contributed by atoms with Gasteiger partial charge in [-0.1, -0.05) is 6.07 Å². The molecule has 0 aliphatic rings. The highest BCUT2D eigenvalue weighted by molar-refractivity contribution is 7.12. The Hall–Kier alpha value is -3.26. The maximum atomic E-state index is 12.0. The largest absolute Gasteiger partial charge is 0.460 e. The van der Waals surface area contributed by atoms with Gasteiger partial charge in [0.05, 0.1) is 16.4 Å². The number of hydrogen-bond donors (Lipinski definition) is 0. The van der Waals surface area contributed by atoms with Gasteiger partial charge in [-0.25, -0.2) is 4.79 Å². The Morgan fingerprint density at radius 2 is 1.89 bits per heavy atom. The van der Waals surface area contributed by atoms with E-state index in [1.165, 1.54) is 29.5 Å². The second-order valence-electron chi connectivity index (χ2n) is 5.61. The number of nitro benzene ring substituents is 1. The number of carbonyl (C=O) groups excluding carboxylic acids is 2. The average molecular weight is 385 g/mol. The number of ether oxygens (including phenoxy) is 1. The van der Waals surface area contributed by atoms with E-state index in [1.54, 1.807) is 24.3 Å². The molecule has 0 saturated heterocycles. The highest BCUT2D eigenvalue weighted by Crippen LogP contribution is 2.25. The summed E-state index contributed by atoms with van der Waals surface area (Å²) in [6, 6.07) is 12.5. The molecule has 0 radical (unpaired) electrons. The number of esters is 1. The number of non-ortho nitro benzene ring substituents is 1. The summed E-state index contributed by atoms with van der Waals surface area (Å²) in [5.41, 5.74) is 0.586. The maximum absolute atomic E-state index is 12.0. The topological polar surface area (TPSA) is 99.7 Å². The van der Waals surface area contributed by atoms with Crippen molar-refractivity contribution < 1.29 is 23.7 Å². The van der Waals surface area contributed by atoms with Crippen molar-refractivity contribution in [3.05, 3.63) is 74.7 Å². The van der Waals surface area contributed by atoms with Crippen molar-refractivity contribution in [3.63, 3.8) is 0 Å². The third kappa shape index (κ3) is 4.68. The van der Waals surface area contributed by atoms with Crippen LogP contribution in [0.15, 0.2) is 58.3 Å². The molecule has 0 saturated carbocycles. The van der Waals surface area contributed by atoms with E-state index in [0.29, 0.717) is 29.0 Å². The molecule has 3 rings (SSSR count). The minimum Gasteiger partial charge on any atom is -0.460 e. The van der Waals surface area contributed by atoms with Crippen LogP contribution in [-0.4, -0.2) is 23.3 Å². The molecule has 1 aromatic carbocycles. The normalized spacial score (nSPS) is 10.5. The third-order valence-corrected chi connectivity index (χ3v) is 4.66. The zero-order chi connectivity index (χ0) is 19.2. The SMILES string of the molecule is O=C(OCCCC(=O)c1cccs1)c1ccc(-c2ccc([N+](=O)[O-])cc2)o1. The number of carbonyl (C=O) groups is 2. The lowest BCUT2D eigenvalue weighted by molar-refractivity contribution is -0.384. The quantitative estimate of drug-likeness (QED) is 0.183. The summed E-state index contributed by atoms with van der Waals surface area (Å²) in [6.45, 7) is 0.115. The van der Waals surface area contributed by atoms with Crippen LogP contribution in [0.5, 0.6) is 0 Å². The Morgan fingerprint density at radius 3 is 2.56 bits per heavy atom. The van der Waals surface area contributed by atoms with Crippen LogP contribution in [0.1, 0.15) is 33.1 Å². The Bertz CT molecular complexity index is 943. The van der Waals surface area contributed by atoms with Crippen molar-refractivity contribution in [2.45, 2.75) is 12.8 Å².